The lowest BCUT2D eigenvalue weighted by molar-refractivity contribution is -0.166. The number of rotatable bonds is 49. The van der Waals surface area contributed by atoms with Crippen LogP contribution in [0.5, 0.6) is 0 Å². The van der Waals surface area contributed by atoms with E-state index in [2.05, 4.69) is 130 Å². The Morgan fingerprint density at radius 3 is 0.942 bits per heavy atom. The average Bonchev–Trinajstić information content (AvgIpc) is 3.35. The van der Waals surface area contributed by atoms with Crippen molar-refractivity contribution in [1.29, 1.82) is 0 Å². The zero-order valence-corrected chi connectivity index (χ0v) is 44.5. The highest BCUT2D eigenvalue weighted by molar-refractivity contribution is 5.71. The maximum atomic E-state index is 12.8. The molecule has 1 unspecified atom stereocenters. The van der Waals surface area contributed by atoms with E-state index < -0.39 is 12.1 Å². The van der Waals surface area contributed by atoms with Gasteiger partial charge in [0.05, 0.1) is 0 Å². The van der Waals surface area contributed by atoms with Crippen molar-refractivity contribution in [3.05, 3.63) is 122 Å². The second-order valence-electron chi connectivity index (χ2n) is 18.1. The third-order valence-electron chi connectivity index (χ3n) is 11.5. The molecule has 1 atom stereocenters. The van der Waals surface area contributed by atoms with Crippen molar-refractivity contribution in [3.8, 4) is 0 Å². The van der Waals surface area contributed by atoms with Gasteiger partial charge < -0.3 is 14.2 Å². The maximum Gasteiger partial charge on any atom is 0.306 e. The fourth-order valence-electron chi connectivity index (χ4n) is 7.34. The van der Waals surface area contributed by atoms with Crippen LogP contribution in [0.3, 0.4) is 0 Å². The second kappa shape index (κ2) is 56.4. The number of unbranched alkanes of at least 4 members (excludes halogenated alkanes) is 18. The fraction of sp³-hybridized carbons (Fsp3) is 0.635. The summed E-state index contributed by atoms with van der Waals surface area (Å²) in [5.41, 5.74) is 0. The topological polar surface area (TPSA) is 78.9 Å². The monoisotopic (exact) mass is 955 g/mol. The molecule has 6 nitrogen and oxygen atoms in total. The number of carbonyl (C=O) groups is 3. The highest BCUT2D eigenvalue weighted by atomic mass is 16.6. The third-order valence-corrected chi connectivity index (χ3v) is 11.5. The van der Waals surface area contributed by atoms with Crippen LogP contribution in [0.4, 0.5) is 0 Å². The lowest BCUT2D eigenvalue weighted by Gasteiger charge is -2.18. The second-order valence-corrected chi connectivity index (χ2v) is 18.1. The standard InChI is InChI=1S/C63H102O6/c1-4-7-10-13-16-19-22-24-25-26-27-28-29-30-31-32-33-34-35-36-37-39-41-44-47-50-53-56-62(65)68-59-60(58-67-61(64)55-52-49-46-43-40-21-18-15-12-9-6-3)69-63(66)57-54-51-48-45-42-38-23-20-17-14-11-8-5-2/h7-8,10-11,16-17,19-20,24-25,27-28,30-31,33-34,38,42,48,51,60H,4-6,9,12-15,18,21-23,26,29,32,35-37,39-41,43-47,49-50,52-59H2,1-3H3/b10-7-,11-8-,19-16-,20-17-,25-24-,28-27-,31-30-,34-33-,42-38-,51-48-. The number of hydrogen-bond acceptors (Lipinski definition) is 6. The molecule has 0 rings (SSSR count). The summed E-state index contributed by atoms with van der Waals surface area (Å²) in [7, 11) is 0. The third kappa shape index (κ3) is 54.6. The normalized spacial score (nSPS) is 13.0. The molecule has 0 N–H and O–H groups in total. The van der Waals surface area contributed by atoms with Gasteiger partial charge in [0.2, 0.25) is 0 Å². The SMILES string of the molecule is CC/C=C\C/C=C\C/C=C\C/C=C\C/C=C\C/C=C\CCCCCCCCCCC(=O)OCC(COC(=O)CCCCCCCCCCCCC)OC(=O)CC/C=C\C/C=C\C/C=C\C/C=C\CC. The first-order valence-electron chi connectivity index (χ1n) is 28.0. The van der Waals surface area contributed by atoms with Crippen molar-refractivity contribution in [3.63, 3.8) is 0 Å². The molecule has 0 aromatic carbocycles. The number of ether oxygens (including phenoxy) is 3. The van der Waals surface area contributed by atoms with Crippen molar-refractivity contribution in [2.75, 3.05) is 13.2 Å². The van der Waals surface area contributed by atoms with Gasteiger partial charge in [-0.2, -0.15) is 0 Å². The zero-order chi connectivity index (χ0) is 50.0. The Kier molecular flexibility index (Phi) is 53.0. The molecule has 0 fully saturated rings. The molecule has 390 valence electrons. The minimum Gasteiger partial charge on any atom is -0.462 e. The van der Waals surface area contributed by atoms with Crippen LogP contribution >= 0.6 is 0 Å². The van der Waals surface area contributed by atoms with Crippen LogP contribution in [-0.4, -0.2) is 37.2 Å². The van der Waals surface area contributed by atoms with Crippen molar-refractivity contribution >= 4 is 17.9 Å². The first-order valence-corrected chi connectivity index (χ1v) is 28.0. The molecule has 6 heteroatoms. The Morgan fingerprint density at radius 2 is 0.594 bits per heavy atom. The summed E-state index contributed by atoms with van der Waals surface area (Å²) in [6, 6.07) is 0. The minimum absolute atomic E-state index is 0.110. The predicted molar refractivity (Wildman–Crippen MR) is 297 cm³/mol. The molecule has 0 radical (unpaired) electrons. The van der Waals surface area contributed by atoms with E-state index in [9.17, 15) is 14.4 Å². The van der Waals surface area contributed by atoms with Crippen molar-refractivity contribution in [2.24, 2.45) is 0 Å². The van der Waals surface area contributed by atoms with Crippen LogP contribution in [0.2, 0.25) is 0 Å². The summed E-state index contributed by atoms with van der Waals surface area (Å²) in [6.45, 7) is 6.32. The first kappa shape index (κ1) is 64.8. The van der Waals surface area contributed by atoms with Gasteiger partial charge in [-0.05, 0) is 96.3 Å². The van der Waals surface area contributed by atoms with Crippen LogP contribution < -0.4 is 0 Å². The van der Waals surface area contributed by atoms with E-state index in [1.807, 2.05) is 12.2 Å². The van der Waals surface area contributed by atoms with Crippen molar-refractivity contribution < 1.29 is 28.6 Å². The first-order chi connectivity index (χ1) is 34.0. The van der Waals surface area contributed by atoms with Crippen LogP contribution in [0, 0.1) is 0 Å². The largest absolute Gasteiger partial charge is 0.462 e. The lowest BCUT2D eigenvalue weighted by Crippen LogP contribution is -2.30. The van der Waals surface area contributed by atoms with Gasteiger partial charge in [-0.1, -0.05) is 245 Å². The molecule has 0 aliphatic heterocycles. The van der Waals surface area contributed by atoms with E-state index in [1.165, 1.54) is 83.5 Å². The minimum atomic E-state index is -0.820. The molecule has 0 amide bonds. The summed E-state index contributed by atoms with van der Waals surface area (Å²) in [4.78, 5) is 38.0. The van der Waals surface area contributed by atoms with Gasteiger partial charge in [0.1, 0.15) is 13.2 Å². The molecule has 0 saturated heterocycles. The van der Waals surface area contributed by atoms with Gasteiger partial charge >= 0.3 is 17.9 Å². The van der Waals surface area contributed by atoms with Crippen LogP contribution in [-0.2, 0) is 28.6 Å². The van der Waals surface area contributed by atoms with E-state index in [4.69, 9.17) is 14.2 Å². The Hall–Kier alpha value is -4.19. The molecule has 0 heterocycles. The van der Waals surface area contributed by atoms with Gasteiger partial charge in [-0.3, -0.25) is 14.4 Å². The smallest absolute Gasteiger partial charge is 0.306 e. The van der Waals surface area contributed by atoms with Crippen molar-refractivity contribution in [1.82, 2.24) is 0 Å². The molecule has 69 heavy (non-hydrogen) atoms. The van der Waals surface area contributed by atoms with Gasteiger partial charge in [-0.25, -0.2) is 0 Å². The molecule has 0 bridgehead atoms. The Bertz CT molecular complexity index is 1470. The molecule has 0 aromatic rings. The molecular formula is C63H102O6. The van der Waals surface area contributed by atoms with E-state index in [0.29, 0.717) is 19.3 Å². The highest BCUT2D eigenvalue weighted by Crippen LogP contribution is 2.14. The van der Waals surface area contributed by atoms with Crippen molar-refractivity contribution in [2.45, 2.75) is 245 Å². The quantitative estimate of drug-likeness (QED) is 0.0262. The molecule has 0 saturated carbocycles. The van der Waals surface area contributed by atoms with Crippen LogP contribution in [0.25, 0.3) is 0 Å². The van der Waals surface area contributed by atoms with Gasteiger partial charge in [0, 0.05) is 19.3 Å². The zero-order valence-electron chi connectivity index (χ0n) is 44.5. The van der Waals surface area contributed by atoms with E-state index in [1.54, 1.807) is 0 Å². The van der Waals surface area contributed by atoms with Crippen LogP contribution in [0.15, 0.2) is 122 Å². The summed E-state index contributed by atoms with van der Waals surface area (Å²) in [5.74, 6) is -1.01. The van der Waals surface area contributed by atoms with E-state index in [0.717, 1.165) is 109 Å². The molecule has 0 aliphatic carbocycles. The summed E-state index contributed by atoms with van der Waals surface area (Å²) >= 11 is 0. The predicted octanol–water partition coefficient (Wildman–Crippen LogP) is 18.9. The number of carbonyl (C=O) groups excluding carboxylic acids is 3. The summed E-state index contributed by atoms with van der Waals surface area (Å²) in [5, 5.41) is 0. The lowest BCUT2D eigenvalue weighted by atomic mass is 10.1. The fourth-order valence-corrected chi connectivity index (χ4v) is 7.34. The number of allylic oxidation sites excluding steroid dienone is 20. The Labute approximate surface area is 424 Å². The summed E-state index contributed by atoms with van der Waals surface area (Å²) in [6.07, 6.45) is 77.8. The maximum absolute atomic E-state index is 12.8. The summed E-state index contributed by atoms with van der Waals surface area (Å²) < 4.78 is 16.7. The van der Waals surface area contributed by atoms with Crippen LogP contribution in [0.1, 0.15) is 239 Å². The van der Waals surface area contributed by atoms with Gasteiger partial charge in [0.25, 0.3) is 0 Å². The van der Waals surface area contributed by atoms with Gasteiger partial charge in [-0.15, -0.1) is 0 Å². The number of esters is 3. The Balaban J connectivity index is 4.33. The molecule has 0 aromatic heterocycles. The van der Waals surface area contributed by atoms with E-state index in [-0.39, 0.29) is 31.6 Å². The highest BCUT2D eigenvalue weighted by Gasteiger charge is 2.19. The van der Waals surface area contributed by atoms with Gasteiger partial charge in [0.15, 0.2) is 6.10 Å². The molecule has 0 aliphatic rings. The Morgan fingerprint density at radius 1 is 0.304 bits per heavy atom. The molecular weight excluding hydrogens is 853 g/mol. The number of hydrogen-bond donors (Lipinski definition) is 0. The molecule has 0 spiro atoms. The van der Waals surface area contributed by atoms with E-state index >= 15 is 0 Å². The average molecular weight is 956 g/mol.